The van der Waals surface area contributed by atoms with Gasteiger partial charge in [0.15, 0.2) is 5.75 Å². The van der Waals surface area contributed by atoms with Crippen molar-refractivity contribution in [2.24, 2.45) is 4.99 Å². The fourth-order valence-corrected chi connectivity index (χ4v) is 3.38. The number of benzene rings is 2. The zero-order chi connectivity index (χ0) is 19.7. The molecule has 9 heteroatoms. The van der Waals surface area contributed by atoms with Crippen molar-refractivity contribution in [1.29, 1.82) is 0 Å². The number of halogens is 3. The van der Waals surface area contributed by atoms with Gasteiger partial charge in [-0.15, -0.1) is 11.8 Å². The number of rotatable bonds is 3. The molecule has 0 saturated heterocycles. The van der Waals surface area contributed by atoms with E-state index in [1.807, 2.05) is 12.1 Å². The molecule has 1 aliphatic heterocycles. The van der Waals surface area contributed by atoms with Gasteiger partial charge in [-0.05, 0) is 29.8 Å². The van der Waals surface area contributed by atoms with Gasteiger partial charge < -0.3 is 9.84 Å². The van der Waals surface area contributed by atoms with Crippen molar-refractivity contribution < 1.29 is 23.0 Å². The fraction of sp³-hybridized carbons (Fsp3) is 0.105. The normalized spacial score (nSPS) is 13.2. The van der Waals surface area contributed by atoms with Crippen LogP contribution in [0.25, 0.3) is 11.3 Å². The first-order valence-electron chi connectivity index (χ1n) is 8.08. The van der Waals surface area contributed by atoms with E-state index < -0.39 is 17.5 Å². The maximum absolute atomic E-state index is 12.8. The molecule has 4 rings (SSSR count). The monoisotopic (exact) mass is 403 g/mol. The Kier molecular flexibility index (Phi) is 4.68. The van der Waals surface area contributed by atoms with E-state index in [9.17, 15) is 18.3 Å². The zero-order valence-electron chi connectivity index (χ0n) is 14.1. The maximum atomic E-state index is 12.8. The summed E-state index contributed by atoms with van der Waals surface area (Å²) in [6.45, 7) is 0. The number of aromatic hydroxyl groups is 1. The lowest BCUT2D eigenvalue weighted by Gasteiger charge is -2.14. The first-order valence-corrected chi connectivity index (χ1v) is 9.13. The van der Waals surface area contributed by atoms with Gasteiger partial charge in [0.2, 0.25) is 5.88 Å². The summed E-state index contributed by atoms with van der Waals surface area (Å²) >= 11 is 1.58. The van der Waals surface area contributed by atoms with Crippen molar-refractivity contribution in [3.8, 4) is 28.6 Å². The van der Waals surface area contributed by atoms with Gasteiger partial charge in [0.1, 0.15) is 17.8 Å². The minimum atomic E-state index is -4.54. The number of fused-ring (bicyclic) bond motifs is 1. The summed E-state index contributed by atoms with van der Waals surface area (Å²) in [5.74, 6) is 0.949. The highest BCUT2D eigenvalue weighted by Crippen LogP contribution is 2.40. The molecule has 0 fully saturated rings. The first kappa shape index (κ1) is 18.3. The number of aliphatic imine (C=N–C) groups is 1. The Hall–Kier alpha value is -3.07. The summed E-state index contributed by atoms with van der Waals surface area (Å²) in [6, 6.07) is 9.72. The molecule has 142 valence electrons. The summed E-state index contributed by atoms with van der Waals surface area (Å²) in [5.41, 5.74) is 2.91. The smallest absolute Gasteiger partial charge is 0.416 e. The Labute approximate surface area is 161 Å². The average Bonchev–Trinajstić information content (AvgIpc) is 2.68. The number of phenols is 1. The third-order valence-corrected chi connectivity index (χ3v) is 4.77. The van der Waals surface area contributed by atoms with E-state index in [1.165, 1.54) is 12.4 Å². The summed E-state index contributed by atoms with van der Waals surface area (Å²) in [6.07, 6.45) is -3.32. The molecule has 0 aliphatic carbocycles. The number of hydrogen-bond donors (Lipinski definition) is 1. The summed E-state index contributed by atoms with van der Waals surface area (Å²) in [7, 11) is 0. The highest BCUT2D eigenvalue weighted by atomic mass is 32.2. The van der Waals surface area contributed by atoms with E-state index in [0.29, 0.717) is 17.5 Å². The lowest BCUT2D eigenvalue weighted by molar-refractivity contribution is -0.137. The second kappa shape index (κ2) is 7.16. The number of phenolic OH excluding ortho intramolecular Hbond substituents is 1. The minimum absolute atomic E-state index is 0.143. The van der Waals surface area contributed by atoms with Crippen molar-refractivity contribution in [2.45, 2.75) is 11.9 Å². The second-order valence-corrected chi connectivity index (χ2v) is 6.72. The maximum Gasteiger partial charge on any atom is 0.416 e. The standard InChI is InChI=1S/C19H12F3N3O2S/c20-19(21,22)12-4-5-13(15(26)6-12)14-7-17(24-9-23-14)27-16-3-1-2-11-8-28-10-25-18(11)16/h1-7,9-10,26H,8H2. The number of ether oxygens (including phenoxy) is 1. The molecule has 0 amide bonds. The Morgan fingerprint density at radius 2 is 1.93 bits per heavy atom. The minimum Gasteiger partial charge on any atom is -0.507 e. The highest BCUT2D eigenvalue weighted by molar-refractivity contribution is 8.11. The van der Waals surface area contributed by atoms with Crippen molar-refractivity contribution in [1.82, 2.24) is 9.97 Å². The number of thioether (sulfide) groups is 1. The van der Waals surface area contributed by atoms with Gasteiger partial charge in [0.25, 0.3) is 0 Å². The van der Waals surface area contributed by atoms with Gasteiger partial charge >= 0.3 is 6.18 Å². The zero-order valence-corrected chi connectivity index (χ0v) is 15.0. The van der Waals surface area contributed by atoms with E-state index in [0.717, 1.165) is 23.4 Å². The molecule has 1 N–H and O–H groups in total. The van der Waals surface area contributed by atoms with Crippen LogP contribution in [0.5, 0.6) is 17.4 Å². The molecule has 3 aromatic rings. The molecule has 5 nitrogen and oxygen atoms in total. The van der Waals surface area contributed by atoms with E-state index in [1.54, 1.807) is 23.4 Å². The first-order chi connectivity index (χ1) is 13.4. The number of alkyl halides is 3. The van der Waals surface area contributed by atoms with Crippen LogP contribution in [0, 0.1) is 0 Å². The van der Waals surface area contributed by atoms with E-state index >= 15 is 0 Å². The van der Waals surface area contributed by atoms with E-state index in [4.69, 9.17) is 4.74 Å². The molecule has 0 radical (unpaired) electrons. The Balaban J connectivity index is 1.66. The summed E-state index contributed by atoms with van der Waals surface area (Å²) in [5, 5.41) is 10.0. The van der Waals surface area contributed by atoms with Crippen LogP contribution in [0.1, 0.15) is 11.1 Å². The van der Waals surface area contributed by atoms with Crippen molar-refractivity contribution >= 4 is 23.0 Å². The highest BCUT2D eigenvalue weighted by Gasteiger charge is 2.31. The Morgan fingerprint density at radius 3 is 2.71 bits per heavy atom. The fourth-order valence-electron chi connectivity index (χ4n) is 2.71. The largest absolute Gasteiger partial charge is 0.507 e. The quantitative estimate of drug-likeness (QED) is 0.620. The van der Waals surface area contributed by atoms with Crippen LogP contribution in [0.2, 0.25) is 0 Å². The summed E-state index contributed by atoms with van der Waals surface area (Å²) < 4.78 is 44.2. The Morgan fingerprint density at radius 1 is 1.07 bits per heavy atom. The van der Waals surface area contributed by atoms with Gasteiger partial charge in [-0.25, -0.2) is 15.0 Å². The molecule has 0 saturated carbocycles. The molecule has 0 bridgehead atoms. The van der Waals surface area contributed by atoms with E-state index in [2.05, 4.69) is 15.0 Å². The SMILES string of the molecule is Oc1cc(C(F)(F)F)ccc1-c1cc(Oc2cccc3c2N=CSC3)ncn1. The predicted octanol–water partition coefficient (Wildman–Crippen LogP) is 5.57. The van der Waals surface area contributed by atoms with Crippen LogP contribution in [-0.2, 0) is 11.9 Å². The molecular formula is C19H12F3N3O2S. The van der Waals surface area contributed by atoms with Gasteiger partial charge in [0, 0.05) is 17.4 Å². The molecule has 28 heavy (non-hydrogen) atoms. The van der Waals surface area contributed by atoms with Crippen LogP contribution < -0.4 is 4.74 Å². The van der Waals surface area contributed by atoms with Crippen LogP contribution in [0.3, 0.4) is 0 Å². The molecule has 0 atom stereocenters. The molecule has 2 heterocycles. The molecule has 0 unspecified atom stereocenters. The third-order valence-electron chi connectivity index (χ3n) is 4.04. The lowest BCUT2D eigenvalue weighted by atomic mass is 10.1. The molecule has 1 aliphatic rings. The molecule has 1 aromatic heterocycles. The molecule has 0 spiro atoms. The van der Waals surface area contributed by atoms with E-state index in [-0.39, 0.29) is 17.1 Å². The van der Waals surface area contributed by atoms with Gasteiger partial charge in [-0.1, -0.05) is 12.1 Å². The van der Waals surface area contributed by atoms with Crippen molar-refractivity contribution in [2.75, 3.05) is 0 Å². The number of hydrogen-bond acceptors (Lipinski definition) is 6. The molecule has 2 aromatic carbocycles. The molecular weight excluding hydrogens is 391 g/mol. The topological polar surface area (TPSA) is 67.6 Å². The van der Waals surface area contributed by atoms with Gasteiger partial charge in [-0.3, -0.25) is 0 Å². The van der Waals surface area contributed by atoms with Gasteiger partial charge in [-0.2, -0.15) is 13.2 Å². The second-order valence-electron chi connectivity index (χ2n) is 5.88. The van der Waals surface area contributed by atoms with Crippen LogP contribution in [0.15, 0.2) is 53.8 Å². The average molecular weight is 403 g/mol. The van der Waals surface area contributed by atoms with Crippen LogP contribution >= 0.6 is 11.8 Å². The van der Waals surface area contributed by atoms with Crippen LogP contribution in [-0.4, -0.2) is 20.6 Å². The Bertz CT molecular complexity index is 1070. The van der Waals surface area contributed by atoms with Crippen LogP contribution in [0.4, 0.5) is 18.9 Å². The van der Waals surface area contributed by atoms with Crippen molar-refractivity contribution in [3.05, 3.63) is 59.9 Å². The third kappa shape index (κ3) is 3.65. The summed E-state index contributed by atoms with van der Waals surface area (Å²) in [4.78, 5) is 12.4. The van der Waals surface area contributed by atoms with Gasteiger partial charge in [0.05, 0.1) is 16.8 Å². The lowest BCUT2D eigenvalue weighted by Crippen LogP contribution is -2.04. The number of nitrogens with zero attached hydrogens (tertiary/aromatic N) is 3. The number of para-hydroxylation sites is 1. The van der Waals surface area contributed by atoms with Crippen molar-refractivity contribution in [3.63, 3.8) is 0 Å². The predicted molar refractivity (Wildman–Crippen MR) is 100 cm³/mol. The number of aromatic nitrogens is 2.